The minimum atomic E-state index is -1.50. The van der Waals surface area contributed by atoms with Crippen LogP contribution in [0.25, 0.3) is 0 Å². The van der Waals surface area contributed by atoms with Gasteiger partial charge in [0.1, 0.15) is 6.10 Å². The highest BCUT2D eigenvalue weighted by atomic mass is 35.5. The van der Waals surface area contributed by atoms with Crippen molar-refractivity contribution in [2.45, 2.75) is 25.6 Å². The zero-order valence-electron chi connectivity index (χ0n) is 7.40. The van der Waals surface area contributed by atoms with Crippen molar-refractivity contribution in [1.82, 2.24) is 0 Å². The highest BCUT2D eigenvalue weighted by Crippen LogP contribution is 2.33. The van der Waals surface area contributed by atoms with Crippen LogP contribution < -0.4 is 0 Å². The third-order valence-corrected chi connectivity index (χ3v) is 2.18. The lowest BCUT2D eigenvalue weighted by Crippen LogP contribution is -2.37. The number of alkyl halides is 1. The molecule has 0 radical (unpaired) electrons. The number of rotatable bonds is 1. The number of hydrogen-bond acceptors (Lipinski definition) is 1. The molecule has 1 aliphatic rings. The van der Waals surface area contributed by atoms with Gasteiger partial charge in [0.15, 0.2) is 5.67 Å². The largest absolute Gasteiger partial charge is 0.372 e. The fourth-order valence-corrected chi connectivity index (χ4v) is 1.94. The average Bonchev–Trinajstić information content (AvgIpc) is 1.82. The molecule has 0 N–H and O–H groups in total. The van der Waals surface area contributed by atoms with Gasteiger partial charge in [-0.25, -0.2) is 4.39 Å². The molecule has 0 aliphatic heterocycles. The monoisotopic (exact) mass is 190 g/mol. The minimum absolute atomic E-state index is 0.419. The van der Waals surface area contributed by atoms with Gasteiger partial charge in [0, 0.05) is 7.11 Å². The van der Waals surface area contributed by atoms with Crippen LogP contribution in [-0.2, 0) is 4.74 Å². The van der Waals surface area contributed by atoms with Crippen molar-refractivity contribution in [3.63, 3.8) is 0 Å². The molecule has 0 bridgehead atoms. The van der Waals surface area contributed by atoms with Crippen molar-refractivity contribution in [1.29, 1.82) is 0 Å². The van der Waals surface area contributed by atoms with Gasteiger partial charge >= 0.3 is 0 Å². The lowest BCUT2D eigenvalue weighted by atomic mass is 9.92. The molecule has 0 amide bonds. The standard InChI is InChI=1S/C9H12ClFO/c1-6-4-7(10)8(12-3)9(2,11)5-6/h4-5,8H,1-3H3. The van der Waals surface area contributed by atoms with E-state index in [1.54, 1.807) is 6.08 Å². The highest BCUT2D eigenvalue weighted by molar-refractivity contribution is 6.30. The SMILES string of the molecule is COC1C(Cl)=CC(C)=CC1(C)F. The molecule has 0 saturated carbocycles. The molecule has 2 unspecified atom stereocenters. The Bertz CT molecular complexity index is 243. The molecule has 12 heavy (non-hydrogen) atoms. The minimum Gasteiger partial charge on any atom is -0.372 e. The maximum Gasteiger partial charge on any atom is 0.157 e. The second kappa shape index (κ2) is 3.19. The molecule has 1 nitrogen and oxygen atoms in total. The van der Waals surface area contributed by atoms with E-state index in [0.717, 1.165) is 5.57 Å². The summed E-state index contributed by atoms with van der Waals surface area (Å²) < 4.78 is 18.7. The molecule has 1 rings (SSSR count). The molecule has 1 aliphatic carbocycles. The first-order valence-electron chi connectivity index (χ1n) is 3.75. The Hall–Kier alpha value is -0.340. The van der Waals surface area contributed by atoms with E-state index in [9.17, 15) is 4.39 Å². The number of hydrogen-bond donors (Lipinski definition) is 0. The zero-order chi connectivity index (χ0) is 9.35. The molecule has 0 spiro atoms. The molecule has 68 valence electrons. The van der Waals surface area contributed by atoms with Gasteiger partial charge in [-0.2, -0.15) is 0 Å². The average molecular weight is 191 g/mol. The van der Waals surface area contributed by atoms with Crippen LogP contribution in [0.3, 0.4) is 0 Å². The first-order valence-corrected chi connectivity index (χ1v) is 4.13. The lowest BCUT2D eigenvalue weighted by Gasteiger charge is -2.29. The molecule has 0 fully saturated rings. The van der Waals surface area contributed by atoms with Crippen molar-refractivity contribution in [2.75, 3.05) is 7.11 Å². The summed E-state index contributed by atoms with van der Waals surface area (Å²) in [5, 5.41) is 0.419. The number of allylic oxidation sites excluding steroid dienone is 2. The van der Waals surface area contributed by atoms with Gasteiger partial charge in [-0.3, -0.25) is 0 Å². The van der Waals surface area contributed by atoms with Crippen molar-refractivity contribution in [3.8, 4) is 0 Å². The van der Waals surface area contributed by atoms with E-state index in [2.05, 4.69) is 0 Å². The molecule has 0 aromatic heterocycles. The topological polar surface area (TPSA) is 9.23 Å². The molecule has 3 heteroatoms. The molecular weight excluding hydrogens is 179 g/mol. The molecule has 0 saturated heterocycles. The van der Waals surface area contributed by atoms with E-state index in [0.29, 0.717) is 5.03 Å². The summed E-state index contributed by atoms with van der Waals surface area (Å²) in [6, 6.07) is 0. The van der Waals surface area contributed by atoms with Gasteiger partial charge in [-0.15, -0.1) is 0 Å². The molecule has 2 atom stereocenters. The van der Waals surface area contributed by atoms with E-state index >= 15 is 0 Å². The van der Waals surface area contributed by atoms with E-state index in [1.165, 1.54) is 20.1 Å². The van der Waals surface area contributed by atoms with Crippen molar-refractivity contribution < 1.29 is 9.13 Å². The normalized spacial score (nSPS) is 35.9. The highest BCUT2D eigenvalue weighted by Gasteiger charge is 2.36. The molecule has 0 aromatic carbocycles. The Morgan fingerprint density at radius 3 is 2.67 bits per heavy atom. The lowest BCUT2D eigenvalue weighted by molar-refractivity contribution is 0.0277. The van der Waals surface area contributed by atoms with Crippen molar-refractivity contribution in [3.05, 3.63) is 22.8 Å². The van der Waals surface area contributed by atoms with Crippen LogP contribution in [0.1, 0.15) is 13.8 Å². The summed E-state index contributed by atoms with van der Waals surface area (Å²) in [6.45, 7) is 3.27. The summed E-state index contributed by atoms with van der Waals surface area (Å²) in [6.07, 6.45) is 2.58. The van der Waals surface area contributed by atoms with Crippen LogP contribution in [0.15, 0.2) is 22.8 Å². The van der Waals surface area contributed by atoms with Crippen molar-refractivity contribution in [2.24, 2.45) is 0 Å². The van der Waals surface area contributed by atoms with Crippen LogP contribution in [0.5, 0.6) is 0 Å². The van der Waals surface area contributed by atoms with Crippen molar-refractivity contribution >= 4 is 11.6 Å². The van der Waals surface area contributed by atoms with Gasteiger partial charge in [0.25, 0.3) is 0 Å². The first kappa shape index (κ1) is 9.75. The Morgan fingerprint density at radius 1 is 1.67 bits per heavy atom. The predicted molar refractivity (Wildman–Crippen MR) is 48.0 cm³/mol. The Labute approximate surface area is 76.9 Å². The number of methoxy groups -OCH3 is 1. The smallest absolute Gasteiger partial charge is 0.157 e. The quantitative estimate of drug-likeness (QED) is 0.618. The van der Waals surface area contributed by atoms with Crippen LogP contribution in [0.4, 0.5) is 4.39 Å². The summed E-state index contributed by atoms with van der Waals surface area (Å²) in [5.74, 6) is 0. The number of ether oxygens (including phenoxy) is 1. The Morgan fingerprint density at radius 2 is 2.25 bits per heavy atom. The molecule has 0 aromatic rings. The predicted octanol–water partition coefficient (Wildman–Crippen LogP) is 2.81. The van der Waals surface area contributed by atoms with Gasteiger partial charge in [-0.1, -0.05) is 17.2 Å². The Balaban J connectivity index is 2.99. The van der Waals surface area contributed by atoms with E-state index < -0.39 is 11.8 Å². The zero-order valence-corrected chi connectivity index (χ0v) is 8.15. The van der Waals surface area contributed by atoms with Gasteiger partial charge in [-0.05, 0) is 26.0 Å². The summed E-state index contributed by atoms with van der Waals surface area (Å²) in [4.78, 5) is 0. The van der Waals surface area contributed by atoms with Crippen LogP contribution >= 0.6 is 11.6 Å². The van der Waals surface area contributed by atoms with Crippen LogP contribution in [0.2, 0.25) is 0 Å². The maximum absolute atomic E-state index is 13.7. The third-order valence-electron chi connectivity index (χ3n) is 1.87. The fourth-order valence-electron chi connectivity index (χ4n) is 1.47. The first-order chi connectivity index (χ1) is 5.47. The van der Waals surface area contributed by atoms with Gasteiger partial charge in [0.05, 0.1) is 5.03 Å². The number of halogens is 2. The maximum atomic E-state index is 13.7. The second-order valence-electron chi connectivity index (χ2n) is 3.18. The van der Waals surface area contributed by atoms with E-state index in [1.807, 2.05) is 6.92 Å². The summed E-state index contributed by atoms with van der Waals surface area (Å²) in [5.41, 5.74) is -0.664. The fraction of sp³-hybridized carbons (Fsp3) is 0.556. The van der Waals surface area contributed by atoms with Gasteiger partial charge < -0.3 is 4.74 Å². The summed E-state index contributed by atoms with van der Waals surface area (Å²) in [7, 11) is 1.45. The third kappa shape index (κ3) is 1.70. The molecular formula is C9H12ClFO. The van der Waals surface area contributed by atoms with Crippen LogP contribution in [-0.4, -0.2) is 18.9 Å². The van der Waals surface area contributed by atoms with E-state index in [4.69, 9.17) is 16.3 Å². The Kier molecular flexibility index (Phi) is 2.59. The second-order valence-corrected chi connectivity index (χ2v) is 3.62. The summed E-state index contributed by atoms with van der Waals surface area (Å²) >= 11 is 5.82. The van der Waals surface area contributed by atoms with E-state index in [-0.39, 0.29) is 0 Å². The van der Waals surface area contributed by atoms with Crippen LogP contribution in [0, 0.1) is 0 Å². The van der Waals surface area contributed by atoms with Gasteiger partial charge in [0.2, 0.25) is 0 Å². The molecule has 0 heterocycles.